The molecule has 0 radical (unpaired) electrons. The Kier molecular flexibility index (Phi) is 5.78. The van der Waals surface area contributed by atoms with E-state index in [2.05, 4.69) is 21.9 Å². The van der Waals surface area contributed by atoms with Crippen molar-refractivity contribution in [1.82, 2.24) is 4.90 Å². The minimum absolute atomic E-state index is 0.241. The molecule has 1 atom stereocenters. The lowest BCUT2D eigenvalue weighted by atomic mass is 9.98. The molecule has 0 amide bonds. The lowest BCUT2D eigenvalue weighted by Crippen LogP contribution is -2.40. The molecule has 0 aromatic heterocycles. The van der Waals surface area contributed by atoms with Crippen LogP contribution >= 0.6 is 0 Å². The average molecular weight is 382 g/mol. The summed E-state index contributed by atoms with van der Waals surface area (Å²) in [6.45, 7) is 4.30. The number of para-hydroxylation sites is 4. The van der Waals surface area contributed by atoms with Crippen LogP contribution in [0.4, 0.5) is 11.4 Å². The van der Waals surface area contributed by atoms with Gasteiger partial charge in [0.1, 0.15) is 0 Å². The number of fused-ring (bicyclic) bond motifs is 2. The van der Waals surface area contributed by atoms with Crippen molar-refractivity contribution in [3.63, 3.8) is 0 Å². The number of likely N-dealkylation sites (tertiary alicyclic amines) is 1. The molecule has 6 nitrogen and oxygen atoms in total. The quantitative estimate of drug-likeness (QED) is 0.736. The molecule has 6 heteroatoms. The number of piperidine rings is 1. The number of ether oxygens (including phenoxy) is 2. The molecule has 1 N–H and O–H groups in total. The molecule has 0 aliphatic carbocycles. The number of rotatable bonds is 7. The first-order chi connectivity index (χ1) is 13.7. The minimum atomic E-state index is -0.685. The Hall–Kier alpha value is -2.57. The minimum Gasteiger partial charge on any atom is -0.481 e. The average Bonchev–Trinajstić information content (AvgIpc) is 2.73. The molecule has 2 aromatic carbocycles. The number of nitrogens with zero attached hydrogens (tertiary/aromatic N) is 2. The van der Waals surface area contributed by atoms with Gasteiger partial charge in [0.05, 0.1) is 30.5 Å². The number of hydrogen-bond donors (Lipinski definition) is 1. The molecule has 0 saturated carbocycles. The molecule has 0 unspecified atom stereocenters. The molecule has 1 fully saturated rings. The second-order valence-electron chi connectivity index (χ2n) is 7.28. The van der Waals surface area contributed by atoms with Gasteiger partial charge in [-0.2, -0.15) is 0 Å². The van der Waals surface area contributed by atoms with Crippen LogP contribution < -0.4 is 9.64 Å². The molecule has 1 saturated heterocycles. The SMILES string of the molecule is O=C(O)[C@@H]1CCCN(CCOCCN2c3ccccc3Oc3ccccc32)C1. The van der Waals surface area contributed by atoms with E-state index in [4.69, 9.17) is 9.47 Å². The van der Waals surface area contributed by atoms with Crippen molar-refractivity contribution in [3.05, 3.63) is 48.5 Å². The number of anilines is 2. The number of carboxylic acid groups (broad SMARTS) is 1. The molecular weight excluding hydrogens is 356 g/mol. The lowest BCUT2D eigenvalue weighted by Gasteiger charge is -2.33. The smallest absolute Gasteiger partial charge is 0.307 e. The molecule has 0 bridgehead atoms. The third-order valence-electron chi connectivity index (χ3n) is 5.40. The molecule has 148 valence electrons. The van der Waals surface area contributed by atoms with Crippen molar-refractivity contribution in [2.45, 2.75) is 12.8 Å². The Bertz CT molecular complexity index is 780. The van der Waals surface area contributed by atoms with E-state index in [-0.39, 0.29) is 5.92 Å². The van der Waals surface area contributed by atoms with Gasteiger partial charge in [0, 0.05) is 19.6 Å². The van der Waals surface area contributed by atoms with Crippen LogP contribution in [0.5, 0.6) is 11.5 Å². The van der Waals surface area contributed by atoms with Gasteiger partial charge in [0.2, 0.25) is 0 Å². The van der Waals surface area contributed by atoms with E-state index in [1.165, 1.54) is 0 Å². The number of carbonyl (C=O) groups is 1. The van der Waals surface area contributed by atoms with Gasteiger partial charge in [-0.05, 0) is 43.7 Å². The Balaban J connectivity index is 1.30. The fraction of sp³-hybridized carbons (Fsp3) is 0.409. The second kappa shape index (κ2) is 8.63. The normalized spacial score (nSPS) is 18.9. The van der Waals surface area contributed by atoms with E-state index in [0.717, 1.165) is 55.3 Å². The zero-order valence-electron chi connectivity index (χ0n) is 15.9. The van der Waals surface area contributed by atoms with Crippen LogP contribution in [-0.4, -0.2) is 55.4 Å². The number of benzene rings is 2. The van der Waals surface area contributed by atoms with Gasteiger partial charge in [-0.25, -0.2) is 0 Å². The number of carboxylic acids is 1. The van der Waals surface area contributed by atoms with Gasteiger partial charge in [0.25, 0.3) is 0 Å². The van der Waals surface area contributed by atoms with Crippen molar-refractivity contribution >= 4 is 17.3 Å². The Labute approximate surface area is 165 Å². The fourth-order valence-corrected chi connectivity index (χ4v) is 3.93. The third-order valence-corrected chi connectivity index (χ3v) is 5.40. The zero-order valence-corrected chi connectivity index (χ0v) is 15.9. The highest BCUT2D eigenvalue weighted by Crippen LogP contribution is 2.45. The highest BCUT2D eigenvalue weighted by Gasteiger charge is 2.25. The monoisotopic (exact) mass is 382 g/mol. The van der Waals surface area contributed by atoms with Gasteiger partial charge >= 0.3 is 5.97 Å². The maximum Gasteiger partial charge on any atom is 0.307 e. The zero-order chi connectivity index (χ0) is 19.3. The fourth-order valence-electron chi connectivity index (χ4n) is 3.93. The number of aliphatic carboxylic acids is 1. The summed E-state index contributed by atoms with van der Waals surface area (Å²) in [6.07, 6.45) is 1.72. The van der Waals surface area contributed by atoms with Crippen LogP contribution in [0.25, 0.3) is 0 Å². The topological polar surface area (TPSA) is 62.2 Å². The summed E-state index contributed by atoms with van der Waals surface area (Å²) in [6, 6.07) is 16.1. The number of hydrogen-bond acceptors (Lipinski definition) is 5. The van der Waals surface area contributed by atoms with E-state index < -0.39 is 5.97 Å². The van der Waals surface area contributed by atoms with Crippen molar-refractivity contribution in [1.29, 1.82) is 0 Å². The second-order valence-corrected chi connectivity index (χ2v) is 7.28. The van der Waals surface area contributed by atoms with E-state index in [9.17, 15) is 9.90 Å². The van der Waals surface area contributed by atoms with Crippen molar-refractivity contribution in [2.24, 2.45) is 5.92 Å². The van der Waals surface area contributed by atoms with E-state index in [0.29, 0.717) is 19.8 Å². The van der Waals surface area contributed by atoms with E-state index in [1.807, 2.05) is 36.4 Å². The van der Waals surface area contributed by atoms with Crippen molar-refractivity contribution < 1.29 is 19.4 Å². The van der Waals surface area contributed by atoms with Crippen LogP contribution in [0.1, 0.15) is 12.8 Å². The Morgan fingerprint density at radius 3 is 2.36 bits per heavy atom. The maximum atomic E-state index is 11.2. The van der Waals surface area contributed by atoms with E-state index >= 15 is 0 Å². The molecular formula is C22H26N2O4. The third kappa shape index (κ3) is 4.13. The van der Waals surface area contributed by atoms with Crippen LogP contribution in [0, 0.1) is 5.92 Å². The van der Waals surface area contributed by atoms with Gasteiger partial charge in [-0.15, -0.1) is 0 Å². The predicted molar refractivity (Wildman–Crippen MR) is 108 cm³/mol. The summed E-state index contributed by atoms with van der Waals surface area (Å²) in [5, 5.41) is 9.20. The summed E-state index contributed by atoms with van der Waals surface area (Å²) >= 11 is 0. The standard InChI is InChI=1S/C22H26N2O4/c25-22(26)17-6-5-11-23(16-17)12-14-27-15-13-24-18-7-1-3-9-20(18)28-21-10-4-2-8-19(21)24/h1-4,7-10,17H,5-6,11-16H2,(H,25,26)/t17-/m1/s1. The van der Waals surface area contributed by atoms with Crippen LogP contribution in [0.3, 0.4) is 0 Å². The summed E-state index contributed by atoms with van der Waals surface area (Å²) < 4.78 is 11.9. The van der Waals surface area contributed by atoms with Gasteiger partial charge in [-0.3, -0.25) is 4.79 Å². The van der Waals surface area contributed by atoms with Crippen LogP contribution in [0.15, 0.2) is 48.5 Å². The lowest BCUT2D eigenvalue weighted by molar-refractivity contribution is -0.143. The van der Waals surface area contributed by atoms with E-state index in [1.54, 1.807) is 0 Å². The van der Waals surface area contributed by atoms with Gasteiger partial charge < -0.3 is 24.4 Å². The molecule has 0 spiro atoms. The summed E-state index contributed by atoms with van der Waals surface area (Å²) in [7, 11) is 0. The summed E-state index contributed by atoms with van der Waals surface area (Å²) in [5.41, 5.74) is 2.09. The first kappa shape index (κ1) is 18.8. The molecule has 28 heavy (non-hydrogen) atoms. The van der Waals surface area contributed by atoms with Gasteiger partial charge in [-0.1, -0.05) is 24.3 Å². The molecule has 2 aliphatic heterocycles. The molecule has 2 aromatic rings. The van der Waals surface area contributed by atoms with Gasteiger partial charge in [0.15, 0.2) is 11.5 Å². The highest BCUT2D eigenvalue weighted by atomic mass is 16.5. The summed E-state index contributed by atoms with van der Waals surface area (Å²) in [4.78, 5) is 15.6. The predicted octanol–water partition coefficient (Wildman–Crippen LogP) is 3.74. The molecule has 2 aliphatic rings. The van der Waals surface area contributed by atoms with Crippen molar-refractivity contribution in [3.8, 4) is 11.5 Å². The maximum absolute atomic E-state index is 11.2. The highest BCUT2D eigenvalue weighted by molar-refractivity contribution is 5.77. The van der Waals surface area contributed by atoms with Crippen LogP contribution in [-0.2, 0) is 9.53 Å². The molecule has 4 rings (SSSR count). The Morgan fingerprint density at radius 2 is 1.68 bits per heavy atom. The first-order valence-corrected chi connectivity index (χ1v) is 9.89. The summed E-state index contributed by atoms with van der Waals surface area (Å²) in [5.74, 6) is 0.786. The first-order valence-electron chi connectivity index (χ1n) is 9.89. The largest absolute Gasteiger partial charge is 0.481 e. The Morgan fingerprint density at radius 1 is 1.04 bits per heavy atom. The van der Waals surface area contributed by atoms with Crippen LogP contribution in [0.2, 0.25) is 0 Å². The molecule has 2 heterocycles. The van der Waals surface area contributed by atoms with Crippen molar-refractivity contribution in [2.75, 3.05) is 44.3 Å².